The van der Waals surface area contributed by atoms with E-state index in [-0.39, 0.29) is 70.3 Å². The van der Waals surface area contributed by atoms with Crippen molar-refractivity contribution < 1.29 is 39.4 Å². The van der Waals surface area contributed by atoms with Crippen LogP contribution in [0.15, 0.2) is 94.7 Å². The molecule has 2 aliphatic heterocycles. The Kier molecular flexibility index (Phi) is 15.6. The third-order valence-electron chi connectivity index (χ3n) is 11.3. The summed E-state index contributed by atoms with van der Waals surface area (Å²) in [4.78, 5) is 80.0. The van der Waals surface area contributed by atoms with Crippen LogP contribution in [-0.4, -0.2) is 105 Å². The van der Waals surface area contributed by atoms with Gasteiger partial charge in [0.25, 0.3) is 23.2 Å². The van der Waals surface area contributed by atoms with Crippen LogP contribution in [0, 0.1) is 20.2 Å². The minimum atomic E-state index is -0.845. The lowest BCUT2D eigenvalue weighted by atomic mass is 9.89. The number of rotatable bonds is 14. The highest BCUT2D eigenvalue weighted by atomic mass is 32.2. The zero-order valence-electron chi connectivity index (χ0n) is 36.1. The van der Waals surface area contributed by atoms with Crippen molar-refractivity contribution in [3.8, 4) is 22.3 Å². The molecule has 19 heteroatoms. The third-order valence-corrected chi connectivity index (χ3v) is 12.4. The number of nitrogens with zero attached hydrogens (tertiary/aromatic N) is 4. The number of nitro groups is 2. The number of benzene rings is 4. The molecule has 0 spiro atoms. The number of hydrogen-bond donors (Lipinski definition) is 6. The first-order chi connectivity index (χ1) is 31.1. The molecule has 2 atom stereocenters. The van der Waals surface area contributed by atoms with Gasteiger partial charge in [-0.3, -0.25) is 49.8 Å². The van der Waals surface area contributed by atoms with E-state index < -0.39 is 45.6 Å². The number of piperazine rings is 2. The van der Waals surface area contributed by atoms with Crippen LogP contribution in [0.3, 0.4) is 0 Å². The van der Waals surface area contributed by atoms with Crippen molar-refractivity contribution in [3.63, 3.8) is 0 Å². The molecule has 0 saturated carbocycles. The highest BCUT2D eigenvalue weighted by Gasteiger charge is 2.33. The first-order valence-corrected chi connectivity index (χ1v) is 21.7. The fourth-order valence-corrected chi connectivity index (χ4v) is 9.12. The second-order valence-corrected chi connectivity index (χ2v) is 17.1. The summed E-state index contributed by atoms with van der Waals surface area (Å²) >= 11 is 0.853. The summed E-state index contributed by atoms with van der Waals surface area (Å²) in [6.07, 6.45) is 5.51. The summed E-state index contributed by atoms with van der Waals surface area (Å²) in [5, 5.41) is 50.9. The van der Waals surface area contributed by atoms with Gasteiger partial charge in [-0.05, 0) is 69.5 Å². The first kappa shape index (κ1) is 47.7. The molecule has 4 aromatic rings. The molecule has 0 aromatic heterocycles. The summed E-state index contributed by atoms with van der Waals surface area (Å²) in [5.74, 6) is -2.48. The monoisotopic (exact) mass is 906 g/mol. The largest absolute Gasteiger partial charge is 0.336 e. The molecule has 4 aromatic carbocycles. The molecule has 340 valence electrons. The lowest BCUT2D eigenvalue weighted by Gasteiger charge is -2.31. The number of hydroxylamine groups is 2. The van der Waals surface area contributed by atoms with Crippen molar-refractivity contribution >= 4 is 58.9 Å². The number of hydrogen-bond acceptors (Lipinski definition) is 13. The van der Waals surface area contributed by atoms with Gasteiger partial charge in [0.15, 0.2) is 0 Å². The van der Waals surface area contributed by atoms with Gasteiger partial charge < -0.3 is 20.4 Å². The van der Waals surface area contributed by atoms with Gasteiger partial charge in [0, 0.05) is 51.4 Å². The Balaban J connectivity index is 1.49. The van der Waals surface area contributed by atoms with E-state index >= 15 is 0 Å². The van der Waals surface area contributed by atoms with Gasteiger partial charge in [-0.25, -0.2) is 11.0 Å². The van der Waals surface area contributed by atoms with Crippen LogP contribution in [0.25, 0.3) is 34.4 Å². The summed E-state index contributed by atoms with van der Waals surface area (Å²) in [6.45, 7) is 8.87. The first-order valence-electron chi connectivity index (χ1n) is 20.9. The second-order valence-electron chi connectivity index (χ2n) is 16.1. The number of carbonyl (C=O) groups excluding carboxylic acids is 4. The van der Waals surface area contributed by atoms with Gasteiger partial charge in [0.2, 0.25) is 11.8 Å². The minimum Gasteiger partial charge on any atom is -0.336 e. The highest BCUT2D eigenvalue weighted by Crippen LogP contribution is 2.50. The molecular weight excluding hydrogens is 857 g/mol. The number of nitrogens with one attached hydrogen (secondary N) is 4. The zero-order chi connectivity index (χ0) is 46.9. The lowest BCUT2D eigenvalue weighted by molar-refractivity contribution is -0.387. The maximum atomic E-state index is 13.5. The maximum absolute atomic E-state index is 13.5. The van der Waals surface area contributed by atoms with Crippen molar-refractivity contribution in [3.05, 3.63) is 127 Å². The second kappa shape index (κ2) is 21.3. The molecule has 2 fully saturated rings. The molecule has 18 nitrogen and oxygen atoms in total. The molecule has 4 amide bonds. The van der Waals surface area contributed by atoms with Crippen LogP contribution in [0.2, 0.25) is 0 Å². The predicted molar refractivity (Wildman–Crippen MR) is 244 cm³/mol. The highest BCUT2D eigenvalue weighted by molar-refractivity contribution is 7.99. The Morgan fingerprint density at radius 3 is 1.40 bits per heavy atom. The van der Waals surface area contributed by atoms with Crippen molar-refractivity contribution in [1.82, 2.24) is 31.4 Å². The molecular formula is C46H50N8O10S. The molecule has 2 heterocycles. The Labute approximate surface area is 379 Å². The molecule has 6 rings (SSSR count). The van der Waals surface area contributed by atoms with Crippen LogP contribution in [0.4, 0.5) is 11.4 Å². The van der Waals surface area contributed by atoms with Crippen molar-refractivity contribution in [2.45, 2.75) is 61.4 Å². The number of carbonyl (C=O) groups is 4. The van der Waals surface area contributed by atoms with Gasteiger partial charge in [-0.15, -0.1) is 0 Å². The predicted octanol–water partition coefficient (Wildman–Crippen LogP) is 5.87. The summed E-state index contributed by atoms with van der Waals surface area (Å²) in [5.41, 5.74) is 6.22. The molecule has 6 N–H and O–H groups in total. The van der Waals surface area contributed by atoms with Crippen molar-refractivity contribution in [1.29, 1.82) is 0 Å². The molecule has 2 saturated heterocycles. The molecule has 0 aliphatic carbocycles. The Morgan fingerprint density at radius 1 is 0.662 bits per heavy atom. The van der Waals surface area contributed by atoms with Crippen LogP contribution in [0.5, 0.6) is 0 Å². The van der Waals surface area contributed by atoms with Gasteiger partial charge >= 0.3 is 0 Å². The van der Waals surface area contributed by atoms with E-state index in [1.807, 2.05) is 52.0 Å². The van der Waals surface area contributed by atoms with Gasteiger partial charge in [-0.2, -0.15) is 0 Å². The fourth-order valence-electron chi connectivity index (χ4n) is 8.06. The summed E-state index contributed by atoms with van der Waals surface area (Å²) < 4.78 is 0. The van der Waals surface area contributed by atoms with E-state index in [4.69, 9.17) is 10.4 Å². The zero-order valence-corrected chi connectivity index (χ0v) is 37.0. The molecule has 2 aliphatic rings. The van der Waals surface area contributed by atoms with Crippen molar-refractivity contribution in [2.24, 2.45) is 0 Å². The van der Waals surface area contributed by atoms with E-state index in [1.165, 1.54) is 46.2 Å². The topological polar surface area (TPSA) is 250 Å². The normalized spacial score (nSPS) is 16.6. The van der Waals surface area contributed by atoms with E-state index in [9.17, 15) is 39.4 Å². The Bertz CT molecular complexity index is 2390. The SMILES string of the molecule is CC(C)c1ccccc1-c1c(/C=C/C(=O)N2CCNC(C(=O)NO)C2)ccc(Sc2ccc(/C=C/C(=O)N3CCNC(C(=O)NO)C3)c(-c3ccccc3C(C)C)c2[N+](=O)[O-])c1[N+](=O)[O-]. The van der Waals surface area contributed by atoms with Crippen LogP contribution < -0.4 is 21.6 Å². The molecule has 0 radical (unpaired) electrons. The average molecular weight is 907 g/mol. The molecule has 0 bridgehead atoms. The van der Waals surface area contributed by atoms with E-state index in [0.717, 1.165) is 22.9 Å². The van der Waals surface area contributed by atoms with Gasteiger partial charge in [0.05, 0.1) is 30.8 Å². The Hall–Kier alpha value is -6.77. The quantitative estimate of drug-likeness (QED) is 0.0375. The van der Waals surface area contributed by atoms with Crippen LogP contribution >= 0.6 is 11.8 Å². The summed E-state index contributed by atoms with van der Waals surface area (Å²) in [7, 11) is 0. The smallest absolute Gasteiger partial charge is 0.291 e. The van der Waals surface area contributed by atoms with Gasteiger partial charge in [-0.1, -0.05) is 100 Å². The maximum Gasteiger partial charge on any atom is 0.291 e. The Morgan fingerprint density at radius 2 is 1.05 bits per heavy atom. The molecule has 2 unspecified atom stereocenters. The lowest BCUT2D eigenvalue weighted by Crippen LogP contribution is -2.57. The minimum absolute atomic E-state index is 0.0241. The third kappa shape index (κ3) is 10.8. The number of nitro benzene ring substituents is 2. The van der Waals surface area contributed by atoms with Crippen LogP contribution in [0.1, 0.15) is 61.8 Å². The van der Waals surface area contributed by atoms with E-state index in [0.29, 0.717) is 35.3 Å². The summed E-state index contributed by atoms with van der Waals surface area (Å²) in [6, 6.07) is 18.9. The van der Waals surface area contributed by atoms with Crippen LogP contribution in [-0.2, 0) is 19.2 Å². The average Bonchev–Trinajstić information content (AvgIpc) is 3.31. The standard InChI is InChI=1S/C46H50N8O10S/c1-27(2)31-9-5-7-11-33(31)41-29(15-19-39(55)51-23-21-47-35(25-51)45(57)49-59)13-17-37(43(41)53(61)62)65-38-18-14-30(16-20-40(56)52-24-22-48-36(26-52)46(58)50-60)42(44(38)54(63)64)34-12-8-6-10-32(34)28(3)4/h5-20,27-28,35-36,47-48,59-60H,21-26H2,1-4H3,(H,49,57)(H,50,58)/b19-15+,20-16+. The van der Waals surface area contributed by atoms with Gasteiger partial charge in [0.1, 0.15) is 12.1 Å². The number of amides is 4. The molecule has 65 heavy (non-hydrogen) atoms. The van der Waals surface area contributed by atoms with E-state index in [1.54, 1.807) is 47.4 Å². The van der Waals surface area contributed by atoms with Crippen molar-refractivity contribution in [2.75, 3.05) is 39.3 Å². The van der Waals surface area contributed by atoms with E-state index in [2.05, 4.69) is 10.6 Å². The fraction of sp³-hybridized carbons (Fsp3) is 0.304.